The van der Waals surface area contributed by atoms with Crippen LogP contribution in [0.5, 0.6) is 0 Å². The second-order valence-corrected chi connectivity index (χ2v) is 5.27. The third-order valence-corrected chi connectivity index (χ3v) is 3.69. The molecule has 0 aliphatic carbocycles. The summed E-state index contributed by atoms with van der Waals surface area (Å²) in [6.07, 6.45) is 6.06. The first kappa shape index (κ1) is 13.5. The SMILES string of the molecule is O=Cc1nnc2cc1CCCCCc1cccc(c1)NN2. The van der Waals surface area contributed by atoms with E-state index < -0.39 is 0 Å². The first-order valence-corrected chi connectivity index (χ1v) is 7.28. The van der Waals surface area contributed by atoms with Crippen LogP contribution in [0.1, 0.15) is 40.9 Å². The molecule has 21 heavy (non-hydrogen) atoms. The quantitative estimate of drug-likeness (QED) is 0.787. The molecule has 1 aliphatic rings. The zero-order valence-corrected chi connectivity index (χ0v) is 11.8. The van der Waals surface area contributed by atoms with Gasteiger partial charge in [0, 0.05) is 0 Å². The summed E-state index contributed by atoms with van der Waals surface area (Å²) in [6.45, 7) is 0. The summed E-state index contributed by atoms with van der Waals surface area (Å²) in [5, 5.41) is 8.00. The molecule has 1 aromatic carbocycles. The Morgan fingerprint density at radius 3 is 2.81 bits per heavy atom. The van der Waals surface area contributed by atoms with Crippen molar-refractivity contribution in [2.24, 2.45) is 0 Å². The molecule has 5 nitrogen and oxygen atoms in total. The van der Waals surface area contributed by atoms with E-state index in [1.165, 1.54) is 5.56 Å². The van der Waals surface area contributed by atoms with Gasteiger partial charge in [0.2, 0.25) is 0 Å². The zero-order chi connectivity index (χ0) is 14.5. The molecule has 0 spiro atoms. The fourth-order valence-electron chi connectivity index (χ4n) is 2.56. The van der Waals surface area contributed by atoms with Gasteiger partial charge in [-0.25, -0.2) is 0 Å². The number of nitrogens with one attached hydrogen (secondary N) is 2. The fourth-order valence-corrected chi connectivity index (χ4v) is 2.56. The lowest BCUT2D eigenvalue weighted by Gasteiger charge is -2.10. The van der Waals surface area contributed by atoms with Crippen LogP contribution in [-0.4, -0.2) is 16.5 Å². The maximum atomic E-state index is 11.0. The van der Waals surface area contributed by atoms with Gasteiger partial charge in [-0.15, -0.1) is 10.2 Å². The molecule has 0 amide bonds. The van der Waals surface area contributed by atoms with Gasteiger partial charge in [-0.05, 0) is 55.0 Å². The van der Waals surface area contributed by atoms with Crippen LogP contribution < -0.4 is 10.9 Å². The second kappa shape index (κ2) is 6.35. The number of hydrazine groups is 1. The number of rotatable bonds is 1. The van der Waals surface area contributed by atoms with Crippen molar-refractivity contribution in [3.63, 3.8) is 0 Å². The monoisotopic (exact) mass is 282 g/mol. The predicted molar refractivity (Wildman–Crippen MR) is 82.4 cm³/mol. The van der Waals surface area contributed by atoms with Gasteiger partial charge >= 0.3 is 0 Å². The normalized spacial score (nSPS) is 14.7. The molecular weight excluding hydrogens is 264 g/mol. The number of anilines is 2. The van der Waals surface area contributed by atoms with Gasteiger partial charge in [0.15, 0.2) is 12.1 Å². The van der Waals surface area contributed by atoms with Crippen LogP contribution in [0, 0.1) is 0 Å². The molecule has 4 bridgehead atoms. The molecule has 2 aromatic rings. The molecule has 2 heterocycles. The van der Waals surface area contributed by atoms with Crippen LogP contribution in [0.2, 0.25) is 0 Å². The van der Waals surface area contributed by atoms with Crippen LogP contribution in [0.4, 0.5) is 11.5 Å². The summed E-state index contributed by atoms with van der Waals surface area (Å²) < 4.78 is 0. The Balaban J connectivity index is 1.88. The van der Waals surface area contributed by atoms with Crippen LogP contribution in [0.15, 0.2) is 30.3 Å². The molecule has 2 N–H and O–H groups in total. The van der Waals surface area contributed by atoms with Crippen molar-refractivity contribution in [2.45, 2.75) is 32.1 Å². The van der Waals surface area contributed by atoms with Crippen molar-refractivity contribution in [1.29, 1.82) is 0 Å². The number of aldehydes is 1. The van der Waals surface area contributed by atoms with Gasteiger partial charge in [0.05, 0.1) is 5.69 Å². The molecule has 0 saturated heterocycles. The number of benzene rings is 1. The molecule has 0 fully saturated rings. The maximum Gasteiger partial charge on any atom is 0.170 e. The number of carbonyl (C=O) groups excluding carboxylic acids is 1. The van der Waals surface area contributed by atoms with E-state index in [4.69, 9.17) is 0 Å². The first-order chi connectivity index (χ1) is 10.3. The van der Waals surface area contributed by atoms with Gasteiger partial charge in [-0.1, -0.05) is 18.6 Å². The van der Waals surface area contributed by atoms with E-state index in [1.54, 1.807) is 0 Å². The Morgan fingerprint density at radius 2 is 1.90 bits per heavy atom. The minimum Gasteiger partial charge on any atom is -0.300 e. The largest absolute Gasteiger partial charge is 0.300 e. The number of nitrogens with zero attached hydrogens (tertiary/aromatic N) is 2. The lowest BCUT2D eigenvalue weighted by atomic mass is 10.0. The molecule has 1 aliphatic heterocycles. The van der Waals surface area contributed by atoms with E-state index in [9.17, 15) is 4.79 Å². The molecule has 1 aromatic heterocycles. The Hall–Kier alpha value is -2.43. The van der Waals surface area contributed by atoms with E-state index in [2.05, 4.69) is 33.2 Å². The van der Waals surface area contributed by atoms with Crippen molar-refractivity contribution < 1.29 is 4.79 Å². The van der Waals surface area contributed by atoms with Gasteiger partial charge in [0.25, 0.3) is 0 Å². The average molecular weight is 282 g/mol. The van der Waals surface area contributed by atoms with E-state index in [1.807, 2.05) is 18.2 Å². The highest BCUT2D eigenvalue weighted by Gasteiger charge is 2.08. The fraction of sp³-hybridized carbons (Fsp3) is 0.312. The molecule has 108 valence electrons. The van der Waals surface area contributed by atoms with Crippen LogP contribution in [0.3, 0.4) is 0 Å². The van der Waals surface area contributed by atoms with E-state index >= 15 is 0 Å². The first-order valence-electron chi connectivity index (χ1n) is 7.28. The number of hydrogen-bond acceptors (Lipinski definition) is 5. The van der Waals surface area contributed by atoms with Crippen LogP contribution in [0.25, 0.3) is 0 Å². The van der Waals surface area contributed by atoms with Crippen LogP contribution in [-0.2, 0) is 12.8 Å². The van der Waals surface area contributed by atoms with Crippen molar-refractivity contribution in [3.8, 4) is 0 Å². The zero-order valence-electron chi connectivity index (χ0n) is 11.8. The molecule has 3 rings (SSSR count). The summed E-state index contributed by atoms with van der Waals surface area (Å²) in [5.74, 6) is 0.625. The molecule has 0 saturated carbocycles. The summed E-state index contributed by atoms with van der Waals surface area (Å²) in [5.41, 5.74) is 9.89. The van der Waals surface area contributed by atoms with Gasteiger partial charge in [-0.2, -0.15) is 0 Å². The van der Waals surface area contributed by atoms with Crippen molar-refractivity contribution in [3.05, 3.63) is 47.2 Å². The number of aromatic nitrogens is 2. The third-order valence-electron chi connectivity index (χ3n) is 3.69. The highest BCUT2D eigenvalue weighted by Crippen LogP contribution is 2.18. The molecule has 0 atom stereocenters. The minimum atomic E-state index is 0.441. The summed E-state index contributed by atoms with van der Waals surface area (Å²) >= 11 is 0. The summed E-state index contributed by atoms with van der Waals surface area (Å²) in [4.78, 5) is 11.0. The second-order valence-electron chi connectivity index (χ2n) is 5.27. The lowest BCUT2D eigenvalue weighted by Crippen LogP contribution is -2.12. The number of carbonyl (C=O) groups is 1. The summed E-state index contributed by atoms with van der Waals surface area (Å²) in [6, 6.07) is 10.2. The van der Waals surface area contributed by atoms with Crippen LogP contribution >= 0.6 is 0 Å². The Morgan fingerprint density at radius 1 is 1.00 bits per heavy atom. The molecule has 0 radical (unpaired) electrons. The Bertz CT molecular complexity index is 642. The topological polar surface area (TPSA) is 66.9 Å². The highest BCUT2D eigenvalue weighted by atomic mass is 16.1. The number of fused-ring (bicyclic) bond motifs is 4. The number of aryl methyl sites for hydroxylation is 2. The highest BCUT2D eigenvalue weighted by molar-refractivity contribution is 5.74. The lowest BCUT2D eigenvalue weighted by molar-refractivity contribution is 0.111. The van der Waals surface area contributed by atoms with E-state index in [0.717, 1.165) is 49.6 Å². The van der Waals surface area contributed by atoms with Gasteiger partial charge < -0.3 is 0 Å². The third kappa shape index (κ3) is 3.37. The van der Waals surface area contributed by atoms with E-state index in [-0.39, 0.29) is 0 Å². The standard InChI is InChI=1S/C16H18N4O/c21-11-15-13-7-3-1-2-5-12-6-4-8-14(9-12)17-19-16(10-13)20-18-15/h4,6,8-11,17H,1-3,5,7H2,(H,19,20). The molecular formula is C16H18N4O. The minimum absolute atomic E-state index is 0.441. The molecule has 0 unspecified atom stereocenters. The van der Waals surface area contributed by atoms with E-state index in [0.29, 0.717) is 11.5 Å². The smallest absolute Gasteiger partial charge is 0.170 e. The Kier molecular flexibility index (Phi) is 4.09. The Labute approximate surface area is 123 Å². The van der Waals surface area contributed by atoms with Gasteiger partial charge in [-0.3, -0.25) is 15.6 Å². The van der Waals surface area contributed by atoms with Crippen molar-refractivity contribution in [2.75, 3.05) is 10.9 Å². The van der Waals surface area contributed by atoms with Crippen molar-refractivity contribution >= 4 is 17.8 Å². The number of hydrogen-bond donors (Lipinski definition) is 2. The predicted octanol–water partition coefficient (Wildman–Crippen LogP) is 3.00. The molecule has 5 heteroatoms. The average Bonchev–Trinajstić information content (AvgIpc) is 2.53. The van der Waals surface area contributed by atoms with Crippen molar-refractivity contribution in [1.82, 2.24) is 10.2 Å². The maximum absolute atomic E-state index is 11.0. The summed E-state index contributed by atoms with van der Waals surface area (Å²) in [7, 11) is 0. The van der Waals surface area contributed by atoms with Gasteiger partial charge in [0.1, 0.15) is 5.69 Å².